The highest BCUT2D eigenvalue weighted by Crippen LogP contribution is 2.22. The predicted molar refractivity (Wildman–Crippen MR) is 75.2 cm³/mol. The maximum atomic E-state index is 10.6. The van der Waals surface area contributed by atoms with Crippen molar-refractivity contribution >= 4 is 6.29 Å². The van der Waals surface area contributed by atoms with Crippen molar-refractivity contribution in [3.8, 4) is 0 Å². The molecule has 0 N–H and O–H groups in total. The van der Waals surface area contributed by atoms with Gasteiger partial charge in [-0.25, -0.2) is 0 Å². The quantitative estimate of drug-likeness (QED) is 0.568. The molecule has 0 spiro atoms. The molecule has 0 aromatic heterocycles. The monoisotopic (exact) mass is 278 g/mol. The summed E-state index contributed by atoms with van der Waals surface area (Å²) < 4.78 is 16.9. The van der Waals surface area contributed by atoms with Gasteiger partial charge in [0.1, 0.15) is 6.29 Å². The molecule has 0 aliphatic carbocycles. The van der Waals surface area contributed by atoms with Crippen molar-refractivity contribution < 1.29 is 19.0 Å². The largest absolute Gasteiger partial charge is 0.377 e. The molecule has 2 rings (SSSR count). The summed E-state index contributed by atoms with van der Waals surface area (Å²) in [7, 11) is 0. The zero-order valence-corrected chi connectivity index (χ0v) is 11.9. The highest BCUT2D eigenvalue weighted by Gasteiger charge is 2.27. The van der Waals surface area contributed by atoms with E-state index in [4.69, 9.17) is 14.2 Å². The van der Waals surface area contributed by atoms with Crippen LogP contribution in [0.25, 0.3) is 0 Å². The minimum atomic E-state index is -0.243. The van der Waals surface area contributed by atoms with Crippen molar-refractivity contribution in [3.63, 3.8) is 0 Å². The van der Waals surface area contributed by atoms with Gasteiger partial charge in [-0.1, -0.05) is 30.3 Å². The lowest BCUT2D eigenvalue weighted by Crippen LogP contribution is -2.37. The Balaban J connectivity index is 1.66. The van der Waals surface area contributed by atoms with Crippen LogP contribution in [0, 0.1) is 0 Å². The van der Waals surface area contributed by atoms with Crippen LogP contribution in [-0.4, -0.2) is 31.4 Å². The van der Waals surface area contributed by atoms with Crippen molar-refractivity contribution in [1.29, 1.82) is 0 Å². The van der Waals surface area contributed by atoms with Crippen molar-refractivity contribution in [2.45, 2.75) is 51.3 Å². The highest BCUT2D eigenvalue weighted by molar-refractivity contribution is 5.50. The third-order valence-corrected chi connectivity index (χ3v) is 3.35. The molecule has 0 unspecified atom stereocenters. The third-order valence-electron chi connectivity index (χ3n) is 3.35. The summed E-state index contributed by atoms with van der Waals surface area (Å²) in [6.45, 7) is 3.15. The average molecular weight is 278 g/mol. The van der Waals surface area contributed by atoms with Crippen LogP contribution in [0.2, 0.25) is 0 Å². The van der Waals surface area contributed by atoms with Crippen LogP contribution >= 0.6 is 0 Å². The predicted octanol–water partition coefficient (Wildman–Crippen LogP) is 2.70. The topological polar surface area (TPSA) is 44.8 Å². The van der Waals surface area contributed by atoms with Crippen molar-refractivity contribution in [2.24, 2.45) is 0 Å². The normalized spacial score (nSPS) is 26.4. The van der Waals surface area contributed by atoms with E-state index in [9.17, 15) is 4.79 Å². The lowest BCUT2D eigenvalue weighted by Gasteiger charge is -2.33. The summed E-state index contributed by atoms with van der Waals surface area (Å²) in [4.78, 5) is 10.6. The Morgan fingerprint density at radius 3 is 2.75 bits per heavy atom. The summed E-state index contributed by atoms with van der Waals surface area (Å²) >= 11 is 0. The van der Waals surface area contributed by atoms with E-state index in [1.807, 2.05) is 37.3 Å². The molecule has 0 radical (unpaired) electrons. The second kappa shape index (κ2) is 8.15. The molecule has 3 atom stereocenters. The fraction of sp³-hybridized carbons (Fsp3) is 0.562. The van der Waals surface area contributed by atoms with Crippen molar-refractivity contribution in [3.05, 3.63) is 35.9 Å². The van der Waals surface area contributed by atoms with Gasteiger partial charge in [-0.3, -0.25) is 0 Å². The third kappa shape index (κ3) is 5.04. The second-order valence-electron chi connectivity index (χ2n) is 5.05. The Morgan fingerprint density at radius 1 is 1.25 bits per heavy atom. The summed E-state index contributed by atoms with van der Waals surface area (Å²) in [5, 5.41) is 0. The van der Waals surface area contributed by atoms with Crippen LogP contribution in [0.1, 0.15) is 31.7 Å². The van der Waals surface area contributed by atoms with E-state index >= 15 is 0 Å². The maximum Gasteiger partial charge on any atom is 0.155 e. The van der Waals surface area contributed by atoms with E-state index in [1.54, 1.807) is 0 Å². The first kappa shape index (κ1) is 15.2. The van der Waals surface area contributed by atoms with E-state index in [-0.39, 0.29) is 18.5 Å². The molecule has 0 bridgehead atoms. The van der Waals surface area contributed by atoms with E-state index in [2.05, 4.69) is 0 Å². The van der Waals surface area contributed by atoms with Crippen molar-refractivity contribution in [1.82, 2.24) is 0 Å². The molecule has 1 aromatic carbocycles. The fourth-order valence-corrected chi connectivity index (χ4v) is 2.40. The van der Waals surface area contributed by atoms with Gasteiger partial charge in [0.15, 0.2) is 6.29 Å². The molecule has 1 aliphatic heterocycles. The van der Waals surface area contributed by atoms with Crippen LogP contribution in [0.15, 0.2) is 30.3 Å². The molecule has 1 heterocycles. The summed E-state index contributed by atoms with van der Waals surface area (Å²) in [5.74, 6) is 0. The van der Waals surface area contributed by atoms with E-state index in [1.165, 1.54) is 5.56 Å². The molecular weight excluding hydrogens is 256 g/mol. The van der Waals surface area contributed by atoms with Gasteiger partial charge in [0.2, 0.25) is 0 Å². The first-order chi connectivity index (χ1) is 9.78. The van der Waals surface area contributed by atoms with Crippen LogP contribution in [-0.2, 0) is 25.6 Å². The van der Waals surface area contributed by atoms with Crippen LogP contribution in [0.3, 0.4) is 0 Å². The zero-order valence-electron chi connectivity index (χ0n) is 11.9. The van der Waals surface area contributed by atoms with Gasteiger partial charge in [0.05, 0.1) is 18.8 Å². The molecular formula is C16H22O4. The standard InChI is InChI=1S/C16H22O4/c1-13-19-15(7-9-17)11-16(20-13)8-10-18-12-14-5-3-2-4-6-14/h2-6,9,13,15-16H,7-8,10-12H2,1H3/t13-,15+,16-/m1/s1. The Hall–Kier alpha value is -1.23. The smallest absolute Gasteiger partial charge is 0.155 e. The highest BCUT2D eigenvalue weighted by atomic mass is 16.7. The number of aldehydes is 1. The van der Waals surface area contributed by atoms with Gasteiger partial charge in [0, 0.05) is 19.4 Å². The van der Waals surface area contributed by atoms with Crippen LogP contribution in [0.5, 0.6) is 0 Å². The van der Waals surface area contributed by atoms with E-state index in [0.717, 1.165) is 19.1 Å². The molecule has 1 fully saturated rings. The van der Waals surface area contributed by atoms with Gasteiger partial charge in [-0.15, -0.1) is 0 Å². The summed E-state index contributed by atoms with van der Waals surface area (Å²) in [6, 6.07) is 10.1. The van der Waals surface area contributed by atoms with Gasteiger partial charge in [0.25, 0.3) is 0 Å². The van der Waals surface area contributed by atoms with E-state index < -0.39 is 0 Å². The summed E-state index contributed by atoms with van der Waals surface area (Å²) in [6.07, 6.45) is 2.79. The molecule has 1 aromatic rings. The number of benzene rings is 1. The first-order valence-electron chi connectivity index (χ1n) is 7.14. The molecule has 110 valence electrons. The molecule has 1 aliphatic rings. The Labute approximate surface area is 120 Å². The van der Waals surface area contributed by atoms with Crippen LogP contribution in [0.4, 0.5) is 0 Å². The van der Waals surface area contributed by atoms with Crippen molar-refractivity contribution in [2.75, 3.05) is 6.61 Å². The summed E-state index contributed by atoms with van der Waals surface area (Å²) in [5.41, 5.74) is 1.17. The Bertz CT molecular complexity index is 393. The first-order valence-corrected chi connectivity index (χ1v) is 7.14. The molecule has 0 saturated carbocycles. The lowest BCUT2D eigenvalue weighted by atomic mass is 10.1. The van der Waals surface area contributed by atoms with Crippen LogP contribution < -0.4 is 0 Å². The number of carbonyl (C=O) groups is 1. The minimum Gasteiger partial charge on any atom is -0.377 e. The number of hydrogen-bond donors (Lipinski definition) is 0. The zero-order chi connectivity index (χ0) is 14.2. The lowest BCUT2D eigenvalue weighted by molar-refractivity contribution is -0.236. The number of carbonyl (C=O) groups excluding carboxylic acids is 1. The van der Waals surface area contributed by atoms with Gasteiger partial charge < -0.3 is 19.0 Å². The Kier molecular flexibility index (Phi) is 6.18. The maximum absolute atomic E-state index is 10.6. The van der Waals surface area contributed by atoms with Gasteiger partial charge >= 0.3 is 0 Å². The molecule has 4 nitrogen and oxygen atoms in total. The second-order valence-corrected chi connectivity index (χ2v) is 5.05. The van der Waals surface area contributed by atoms with Gasteiger partial charge in [-0.05, 0) is 18.9 Å². The average Bonchev–Trinajstić information content (AvgIpc) is 2.45. The van der Waals surface area contributed by atoms with E-state index in [0.29, 0.717) is 19.6 Å². The SMILES string of the molecule is C[C@H]1O[C@H](CCOCc2ccccc2)C[C@H](CC=O)O1. The number of rotatable bonds is 7. The fourth-order valence-electron chi connectivity index (χ4n) is 2.40. The molecule has 20 heavy (non-hydrogen) atoms. The molecule has 1 saturated heterocycles. The Morgan fingerprint density at radius 2 is 2.00 bits per heavy atom. The molecule has 0 amide bonds. The minimum absolute atomic E-state index is 0.0182. The van der Waals surface area contributed by atoms with Gasteiger partial charge in [-0.2, -0.15) is 0 Å². The number of ether oxygens (including phenoxy) is 3. The molecule has 4 heteroatoms. The number of hydrogen-bond acceptors (Lipinski definition) is 4.